The van der Waals surface area contributed by atoms with Gasteiger partial charge in [0, 0.05) is 11.3 Å². The number of aromatic nitrogens is 2. The molecular formula is C14H15N3. The van der Waals surface area contributed by atoms with Crippen LogP contribution in [0.5, 0.6) is 0 Å². The number of rotatable bonds is 2. The van der Waals surface area contributed by atoms with E-state index in [9.17, 15) is 0 Å². The highest BCUT2D eigenvalue weighted by atomic mass is 15.0. The summed E-state index contributed by atoms with van der Waals surface area (Å²) in [5, 5.41) is 0. The number of nitrogens with zero attached hydrogens (tertiary/aromatic N) is 2. The normalized spacial score (nSPS) is 16.8. The molecule has 1 fully saturated rings. The summed E-state index contributed by atoms with van der Waals surface area (Å²) in [5.41, 5.74) is 8.94. The number of hydrogen-bond donors (Lipinski definition) is 1. The summed E-state index contributed by atoms with van der Waals surface area (Å²) < 4.78 is 0. The van der Waals surface area contributed by atoms with Crippen LogP contribution in [0.2, 0.25) is 0 Å². The number of nitrogens with two attached hydrogens (primary N) is 1. The third-order valence-corrected chi connectivity index (χ3v) is 3.16. The molecule has 1 heterocycles. The highest BCUT2D eigenvalue weighted by Gasteiger charge is 2.43. The highest BCUT2D eigenvalue weighted by Crippen LogP contribution is 2.41. The third kappa shape index (κ3) is 1.94. The fourth-order valence-corrected chi connectivity index (χ4v) is 1.91. The second-order valence-corrected chi connectivity index (χ2v) is 4.74. The van der Waals surface area contributed by atoms with Crippen LogP contribution < -0.4 is 5.73 Å². The van der Waals surface area contributed by atoms with Crippen molar-refractivity contribution in [3.8, 4) is 11.3 Å². The van der Waals surface area contributed by atoms with E-state index in [2.05, 4.69) is 22.1 Å². The topological polar surface area (TPSA) is 51.8 Å². The Morgan fingerprint density at radius 2 is 1.82 bits per heavy atom. The predicted octanol–water partition coefficient (Wildman–Crippen LogP) is 2.40. The Morgan fingerprint density at radius 3 is 2.47 bits per heavy atom. The first-order valence-electron chi connectivity index (χ1n) is 5.88. The van der Waals surface area contributed by atoms with Gasteiger partial charge < -0.3 is 5.73 Å². The molecule has 1 aromatic carbocycles. The van der Waals surface area contributed by atoms with E-state index in [0.717, 1.165) is 35.6 Å². The first kappa shape index (κ1) is 10.4. The molecule has 17 heavy (non-hydrogen) atoms. The summed E-state index contributed by atoms with van der Waals surface area (Å²) in [6, 6.07) is 12.2. The minimum atomic E-state index is -0.268. The summed E-state index contributed by atoms with van der Waals surface area (Å²) in [5.74, 6) is 0.788. The van der Waals surface area contributed by atoms with Crippen molar-refractivity contribution in [2.24, 2.45) is 5.73 Å². The van der Waals surface area contributed by atoms with Gasteiger partial charge in [-0.2, -0.15) is 0 Å². The van der Waals surface area contributed by atoms with Crippen molar-refractivity contribution in [3.63, 3.8) is 0 Å². The second-order valence-electron chi connectivity index (χ2n) is 4.74. The lowest BCUT2D eigenvalue weighted by atomic mass is 10.1. The van der Waals surface area contributed by atoms with Gasteiger partial charge in [0.2, 0.25) is 0 Å². The number of hydrogen-bond acceptors (Lipinski definition) is 3. The van der Waals surface area contributed by atoms with Crippen LogP contribution in [0.4, 0.5) is 0 Å². The Hall–Kier alpha value is -1.74. The van der Waals surface area contributed by atoms with Crippen LogP contribution in [-0.4, -0.2) is 9.97 Å². The zero-order chi connectivity index (χ0) is 11.9. The molecule has 1 saturated carbocycles. The lowest BCUT2D eigenvalue weighted by Gasteiger charge is -2.10. The smallest absolute Gasteiger partial charge is 0.149 e. The average Bonchev–Trinajstić information content (AvgIpc) is 3.09. The fraction of sp³-hybridized carbons (Fsp3) is 0.286. The minimum Gasteiger partial charge on any atom is -0.319 e. The van der Waals surface area contributed by atoms with Crippen molar-refractivity contribution in [3.05, 3.63) is 47.9 Å². The van der Waals surface area contributed by atoms with Crippen molar-refractivity contribution in [2.45, 2.75) is 25.3 Å². The first-order valence-corrected chi connectivity index (χ1v) is 5.88. The standard InChI is InChI=1S/C14H15N3/c1-10-9-12(11-5-3-2-4-6-11)17-13(16-10)14(15)7-8-14/h2-6,9H,7-8,15H2,1H3. The maximum Gasteiger partial charge on any atom is 0.149 e. The van der Waals surface area contributed by atoms with Crippen molar-refractivity contribution in [1.29, 1.82) is 0 Å². The van der Waals surface area contributed by atoms with Crippen LogP contribution in [0, 0.1) is 6.92 Å². The van der Waals surface area contributed by atoms with Crippen molar-refractivity contribution < 1.29 is 0 Å². The molecule has 3 heteroatoms. The zero-order valence-corrected chi connectivity index (χ0v) is 9.85. The Morgan fingerprint density at radius 1 is 1.12 bits per heavy atom. The molecular weight excluding hydrogens is 210 g/mol. The van der Waals surface area contributed by atoms with E-state index in [1.807, 2.05) is 31.2 Å². The molecule has 3 rings (SSSR count). The molecule has 0 bridgehead atoms. The molecule has 3 nitrogen and oxygen atoms in total. The van der Waals surface area contributed by atoms with Gasteiger partial charge >= 0.3 is 0 Å². The van der Waals surface area contributed by atoms with E-state index in [-0.39, 0.29) is 5.54 Å². The van der Waals surface area contributed by atoms with E-state index in [0.29, 0.717) is 0 Å². The molecule has 0 spiro atoms. The quantitative estimate of drug-likeness (QED) is 0.853. The molecule has 0 atom stereocenters. The number of benzene rings is 1. The Balaban J connectivity index is 2.09. The molecule has 86 valence electrons. The maximum atomic E-state index is 6.16. The van der Waals surface area contributed by atoms with Gasteiger partial charge in [-0.1, -0.05) is 30.3 Å². The van der Waals surface area contributed by atoms with E-state index >= 15 is 0 Å². The van der Waals surface area contributed by atoms with E-state index < -0.39 is 0 Å². The average molecular weight is 225 g/mol. The molecule has 0 amide bonds. The summed E-state index contributed by atoms with van der Waals surface area (Å²) in [4.78, 5) is 9.06. The molecule has 1 aliphatic carbocycles. The van der Waals surface area contributed by atoms with Crippen molar-refractivity contribution in [2.75, 3.05) is 0 Å². The predicted molar refractivity (Wildman–Crippen MR) is 67.3 cm³/mol. The third-order valence-electron chi connectivity index (χ3n) is 3.16. The lowest BCUT2D eigenvalue weighted by Crippen LogP contribution is -2.22. The lowest BCUT2D eigenvalue weighted by molar-refractivity contribution is 0.669. The van der Waals surface area contributed by atoms with Crippen LogP contribution in [0.25, 0.3) is 11.3 Å². The highest BCUT2D eigenvalue weighted by molar-refractivity contribution is 5.59. The maximum absolute atomic E-state index is 6.16. The van der Waals surface area contributed by atoms with Gasteiger partial charge in [-0.3, -0.25) is 0 Å². The van der Waals surface area contributed by atoms with Gasteiger partial charge in [0.25, 0.3) is 0 Å². The molecule has 0 aliphatic heterocycles. The fourth-order valence-electron chi connectivity index (χ4n) is 1.91. The second kappa shape index (κ2) is 3.64. The van der Waals surface area contributed by atoms with Crippen molar-refractivity contribution in [1.82, 2.24) is 9.97 Å². The summed E-state index contributed by atoms with van der Waals surface area (Å²) in [6.07, 6.45) is 1.98. The molecule has 0 saturated heterocycles. The van der Waals surface area contributed by atoms with Crippen LogP contribution in [0.1, 0.15) is 24.4 Å². The van der Waals surface area contributed by atoms with Gasteiger partial charge in [-0.05, 0) is 25.8 Å². The number of aryl methyl sites for hydroxylation is 1. The van der Waals surface area contributed by atoms with E-state index in [4.69, 9.17) is 5.73 Å². The molecule has 1 aromatic heterocycles. The summed E-state index contributed by atoms with van der Waals surface area (Å²) in [7, 11) is 0. The Labute approximate surface area is 101 Å². The minimum absolute atomic E-state index is 0.268. The Kier molecular flexibility index (Phi) is 2.23. The monoisotopic (exact) mass is 225 g/mol. The largest absolute Gasteiger partial charge is 0.319 e. The molecule has 2 N–H and O–H groups in total. The van der Waals surface area contributed by atoms with Crippen LogP contribution in [0.3, 0.4) is 0 Å². The molecule has 0 unspecified atom stereocenters. The summed E-state index contributed by atoms with van der Waals surface area (Å²) >= 11 is 0. The SMILES string of the molecule is Cc1cc(-c2ccccc2)nc(C2(N)CC2)n1. The first-order chi connectivity index (χ1) is 8.17. The van der Waals surface area contributed by atoms with Gasteiger partial charge in [0.05, 0.1) is 11.2 Å². The van der Waals surface area contributed by atoms with Crippen molar-refractivity contribution >= 4 is 0 Å². The molecule has 2 aromatic rings. The zero-order valence-electron chi connectivity index (χ0n) is 9.85. The van der Waals surface area contributed by atoms with E-state index in [1.165, 1.54) is 0 Å². The molecule has 1 aliphatic rings. The van der Waals surface area contributed by atoms with Gasteiger partial charge in [0.15, 0.2) is 0 Å². The van der Waals surface area contributed by atoms with Gasteiger partial charge in [-0.15, -0.1) is 0 Å². The van der Waals surface area contributed by atoms with Crippen LogP contribution in [-0.2, 0) is 5.54 Å². The van der Waals surface area contributed by atoms with Crippen LogP contribution >= 0.6 is 0 Å². The Bertz CT molecular complexity index is 545. The summed E-state index contributed by atoms with van der Waals surface area (Å²) in [6.45, 7) is 1.99. The van der Waals surface area contributed by atoms with Gasteiger partial charge in [0.1, 0.15) is 5.82 Å². The van der Waals surface area contributed by atoms with Gasteiger partial charge in [-0.25, -0.2) is 9.97 Å². The van der Waals surface area contributed by atoms with Crippen LogP contribution in [0.15, 0.2) is 36.4 Å². The van der Waals surface area contributed by atoms with E-state index in [1.54, 1.807) is 0 Å². The molecule has 0 radical (unpaired) electrons.